The van der Waals surface area contributed by atoms with E-state index in [1.54, 1.807) is 0 Å². The number of hydrogen-bond acceptors (Lipinski definition) is 3. The minimum Gasteiger partial charge on any atom is -0.458 e. The first-order valence-corrected chi connectivity index (χ1v) is 23.3. The molecule has 15 rings (SSSR count). The van der Waals surface area contributed by atoms with Crippen molar-refractivity contribution in [3.63, 3.8) is 0 Å². The van der Waals surface area contributed by atoms with E-state index in [9.17, 15) is 0 Å². The monoisotopic (exact) mass is 858 g/mol. The average molecular weight is 859 g/mol. The summed E-state index contributed by atoms with van der Waals surface area (Å²) in [6.07, 6.45) is 0. The molecule has 0 fully saturated rings. The summed E-state index contributed by atoms with van der Waals surface area (Å²) < 4.78 is 21.9. The van der Waals surface area contributed by atoms with E-state index in [0.29, 0.717) is 0 Å². The van der Waals surface area contributed by atoms with Gasteiger partial charge in [-0.25, -0.2) is 0 Å². The minimum absolute atomic E-state index is 0.0851. The Bertz CT molecular complexity index is 4060. The van der Waals surface area contributed by atoms with Crippen molar-refractivity contribution in [2.45, 2.75) is 0 Å². The van der Waals surface area contributed by atoms with Crippen LogP contribution in [0.2, 0.25) is 0 Å². The van der Waals surface area contributed by atoms with Crippen LogP contribution in [0.3, 0.4) is 0 Å². The first-order valence-electron chi connectivity index (χ1n) is 22.5. The van der Waals surface area contributed by atoms with E-state index in [4.69, 9.17) is 9.47 Å². The molecule has 0 amide bonds. The molecule has 13 aromatic rings. The zero-order valence-corrected chi connectivity index (χ0v) is 36.2. The molecule has 4 nitrogen and oxygen atoms in total. The van der Waals surface area contributed by atoms with Crippen LogP contribution in [0.4, 0.5) is 0 Å². The molecular weight excluding hydrogens is 824 g/mol. The van der Waals surface area contributed by atoms with E-state index >= 15 is 0 Å². The summed E-state index contributed by atoms with van der Waals surface area (Å²) >= 11 is 1.89. The predicted molar refractivity (Wildman–Crippen MR) is 277 cm³/mol. The number of aromatic nitrogens is 2. The number of rotatable bonds is 4. The molecule has 306 valence electrons. The third-order valence-electron chi connectivity index (χ3n) is 14.0. The van der Waals surface area contributed by atoms with Gasteiger partial charge in [0.2, 0.25) is 0 Å². The van der Waals surface area contributed by atoms with Gasteiger partial charge in [0, 0.05) is 65.0 Å². The summed E-state index contributed by atoms with van der Waals surface area (Å²) in [6.45, 7) is -0.0851. The van der Waals surface area contributed by atoms with Gasteiger partial charge in [0.05, 0.1) is 27.8 Å². The zero-order chi connectivity index (χ0) is 43.0. The van der Waals surface area contributed by atoms with Crippen LogP contribution in [0, 0.1) is 0 Å². The van der Waals surface area contributed by atoms with Crippen LogP contribution in [0.5, 0.6) is 23.0 Å². The SMILES string of the molecule is c1ccc(-c2ccc3c(c2)Oc2cc(-n4c5ccccc5c5c6c(c7ccccc7n6-c6ccccc6)c6sc7ccccc7c6c54)cc4c2B3c2ccc(-c3ccccc3)cc2O4)cc1. The lowest BCUT2D eigenvalue weighted by atomic mass is 9.34. The summed E-state index contributed by atoms with van der Waals surface area (Å²) in [5, 5.41) is 7.45. The lowest BCUT2D eigenvalue weighted by molar-refractivity contribution is 0.464. The third-order valence-corrected chi connectivity index (χ3v) is 15.2. The second kappa shape index (κ2) is 13.6. The van der Waals surface area contributed by atoms with E-state index in [0.717, 1.165) is 78.5 Å². The van der Waals surface area contributed by atoms with Crippen molar-refractivity contribution in [2.24, 2.45) is 0 Å². The molecule has 2 aliphatic heterocycles. The second-order valence-electron chi connectivity index (χ2n) is 17.5. The Morgan fingerprint density at radius 2 is 0.833 bits per heavy atom. The van der Waals surface area contributed by atoms with Gasteiger partial charge in [-0.3, -0.25) is 0 Å². The van der Waals surface area contributed by atoms with E-state index in [2.05, 4.69) is 221 Å². The van der Waals surface area contributed by atoms with Crippen molar-refractivity contribution in [2.75, 3.05) is 0 Å². The Kier molecular flexibility index (Phi) is 7.43. The van der Waals surface area contributed by atoms with Crippen LogP contribution in [-0.4, -0.2) is 15.8 Å². The average Bonchev–Trinajstić information content (AvgIpc) is 4.05. The summed E-state index contributed by atoms with van der Waals surface area (Å²) in [5.74, 6) is 3.33. The number of para-hydroxylation sites is 3. The molecule has 6 heteroatoms. The first kappa shape index (κ1) is 36.1. The Hall–Kier alpha value is -8.32. The molecule has 5 heterocycles. The van der Waals surface area contributed by atoms with Crippen LogP contribution in [0.25, 0.3) is 97.4 Å². The van der Waals surface area contributed by atoms with Gasteiger partial charge >= 0.3 is 0 Å². The Morgan fingerprint density at radius 1 is 0.364 bits per heavy atom. The van der Waals surface area contributed by atoms with Crippen LogP contribution >= 0.6 is 11.3 Å². The molecule has 0 saturated heterocycles. The van der Waals surface area contributed by atoms with Crippen LogP contribution in [0.1, 0.15) is 0 Å². The quantitative estimate of drug-likeness (QED) is 0.165. The Labute approximate surface area is 383 Å². The highest BCUT2D eigenvalue weighted by molar-refractivity contribution is 7.27. The minimum atomic E-state index is -0.0851. The zero-order valence-electron chi connectivity index (χ0n) is 35.4. The second-order valence-corrected chi connectivity index (χ2v) is 18.6. The van der Waals surface area contributed by atoms with Crippen LogP contribution in [-0.2, 0) is 0 Å². The molecule has 0 atom stereocenters. The summed E-state index contributed by atoms with van der Waals surface area (Å²) in [5.41, 5.74) is 14.7. The highest BCUT2D eigenvalue weighted by Crippen LogP contribution is 2.52. The maximum atomic E-state index is 7.19. The molecule has 0 bridgehead atoms. The van der Waals surface area contributed by atoms with Crippen LogP contribution < -0.4 is 25.9 Å². The Morgan fingerprint density at radius 3 is 1.42 bits per heavy atom. The van der Waals surface area contributed by atoms with E-state index in [-0.39, 0.29) is 6.71 Å². The molecule has 10 aromatic carbocycles. The maximum absolute atomic E-state index is 7.19. The van der Waals surface area contributed by atoms with Crippen molar-refractivity contribution in [3.05, 3.63) is 212 Å². The fourth-order valence-corrected chi connectivity index (χ4v) is 12.5. The molecule has 0 unspecified atom stereocenters. The molecule has 0 spiro atoms. The topological polar surface area (TPSA) is 28.3 Å². The van der Waals surface area contributed by atoms with E-state index in [1.807, 2.05) is 11.3 Å². The lowest BCUT2D eigenvalue weighted by Crippen LogP contribution is -2.57. The number of nitrogens with zero attached hydrogens (tertiary/aromatic N) is 2. The van der Waals surface area contributed by atoms with Crippen molar-refractivity contribution < 1.29 is 9.47 Å². The van der Waals surface area contributed by atoms with Gasteiger partial charge in [0.15, 0.2) is 0 Å². The first-order chi connectivity index (χ1) is 32.7. The number of ether oxygens (including phenoxy) is 2. The summed E-state index contributed by atoms with van der Waals surface area (Å²) in [4.78, 5) is 0. The third kappa shape index (κ3) is 4.99. The smallest absolute Gasteiger partial charge is 0.260 e. The number of thiophene rings is 1. The van der Waals surface area contributed by atoms with E-state index < -0.39 is 0 Å². The van der Waals surface area contributed by atoms with Gasteiger partial charge in [0.1, 0.15) is 23.0 Å². The van der Waals surface area contributed by atoms with Crippen molar-refractivity contribution in [1.82, 2.24) is 9.13 Å². The molecule has 2 aliphatic rings. The highest BCUT2D eigenvalue weighted by Gasteiger charge is 2.41. The summed E-state index contributed by atoms with van der Waals surface area (Å²) in [7, 11) is 0. The van der Waals surface area contributed by atoms with Crippen molar-refractivity contribution in [1.29, 1.82) is 0 Å². The van der Waals surface area contributed by atoms with Gasteiger partial charge in [-0.2, -0.15) is 0 Å². The molecule has 3 aromatic heterocycles. The highest BCUT2D eigenvalue weighted by atomic mass is 32.1. The fourth-order valence-electron chi connectivity index (χ4n) is 11.2. The Balaban J connectivity index is 1.07. The molecule has 0 aliphatic carbocycles. The maximum Gasteiger partial charge on any atom is 0.260 e. The van der Waals surface area contributed by atoms with Gasteiger partial charge in [-0.15, -0.1) is 11.3 Å². The largest absolute Gasteiger partial charge is 0.458 e. The van der Waals surface area contributed by atoms with Gasteiger partial charge in [-0.05, 0) is 75.6 Å². The van der Waals surface area contributed by atoms with Gasteiger partial charge in [-0.1, -0.05) is 158 Å². The number of benzene rings is 10. The molecule has 0 radical (unpaired) electrons. The molecule has 66 heavy (non-hydrogen) atoms. The molecule has 0 saturated carbocycles. The number of hydrogen-bond donors (Lipinski definition) is 0. The van der Waals surface area contributed by atoms with Crippen LogP contribution in [0.15, 0.2) is 212 Å². The van der Waals surface area contributed by atoms with Gasteiger partial charge < -0.3 is 18.6 Å². The summed E-state index contributed by atoms with van der Waals surface area (Å²) in [6, 6.07) is 76.7. The van der Waals surface area contributed by atoms with E-state index in [1.165, 1.54) is 58.3 Å². The predicted octanol–water partition coefficient (Wildman–Crippen LogP) is 14.3. The molecule has 0 N–H and O–H groups in total. The van der Waals surface area contributed by atoms with Gasteiger partial charge in [0.25, 0.3) is 6.71 Å². The molecular formula is C60H35BN2O2S. The standard InChI is InChI=1S/C60H35BN2O2S/c1-4-16-36(17-5-1)38-28-30-45-49(32-38)64-51-34-41(35-52-57(51)61(45)46-31-29-39(33-50(46)65-52)37-18-6-2-7-19-37)63-47-25-13-10-22-42(47)54-58-55(60-56(59(54)63)44-24-12-15-27-53(44)66-60)43-23-11-14-26-48(43)62(58)40-20-8-3-9-21-40/h1-35H. The normalized spacial score (nSPS) is 12.8. The van der Waals surface area contributed by atoms with Crippen molar-refractivity contribution in [3.8, 4) is 56.6 Å². The lowest BCUT2D eigenvalue weighted by Gasteiger charge is -2.34. The van der Waals surface area contributed by atoms with Crippen molar-refractivity contribution >= 4 is 98.2 Å². The number of fused-ring (bicyclic) bond motifs is 16. The fraction of sp³-hybridized carbons (Fsp3) is 0.